The topological polar surface area (TPSA) is 0 Å². The number of rotatable bonds is 4. The second-order valence-electron chi connectivity index (χ2n) is 12.6. The lowest BCUT2D eigenvalue weighted by Gasteiger charge is -2.43. The van der Waals surface area contributed by atoms with Crippen LogP contribution in [0.25, 0.3) is 0 Å². The molecule has 0 N–H and O–H groups in total. The van der Waals surface area contributed by atoms with E-state index in [0.29, 0.717) is 30.8 Å². The second-order valence-corrected chi connectivity index (χ2v) is 12.6. The average molecular weight is 507 g/mol. The summed E-state index contributed by atoms with van der Waals surface area (Å²) < 4.78 is 77.2. The smallest absolute Gasteiger partial charge is 0.166 e. The zero-order valence-electron chi connectivity index (χ0n) is 21.3. The van der Waals surface area contributed by atoms with Gasteiger partial charge in [-0.2, -0.15) is 26.3 Å². The molecule has 0 aliphatic heterocycles. The molecule has 0 bridgehead atoms. The first-order valence-electron chi connectivity index (χ1n) is 14.4. The second kappa shape index (κ2) is 11.4. The monoisotopic (exact) mass is 506 g/mol. The van der Waals surface area contributed by atoms with Crippen LogP contribution in [0.1, 0.15) is 110 Å². The van der Waals surface area contributed by atoms with Crippen LogP contribution in [0.5, 0.6) is 0 Å². The third-order valence-corrected chi connectivity index (χ3v) is 10.5. The molecule has 0 amide bonds. The highest BCUT2D eigenvalue weighted by atomic mass is 19.4. The Morgan fingerprint density at radius 1 is 0.457 bits per heavy atom. The summed E-state index contributed by atoms with van der Waals surface area (Å²) in [6.07, 6.45) is 8.51. The number of hydrogen-bond donors (Lipinski definition) is 0. The van der Waals surface area contributed by atoms with Crippen LogP contribution in [0, 0.1) is 47.3 Å². The van der Waals surface area contributed by atoms with E-state index in [1.165, 1.54) is 77.0 Å². The van der Waals surface area contributed by atoms with E-state index >= 15 is 0 Å². The van der Waals surface area contributed by atoms with Crippen molar-refractivity contribution < 1.29 is 26.3 Å². The number of halogens is 6. The third kappa shape index (κ3) is 7.21. The molecule has 4 aliphatic rings. The molecule has 0 aromatic carbocycles. The quantitative estimate of drug-likeness (QED) is 0.263. The van der Waals surface area contributed by atoms with Crippen molar-refractivity contribution in [1.29, 1.82) is 0 Å². The maximum atomic E-state index is 12.9. The first-order valence-corrected chi connectivity index (χ1v) is 14.4. The fraction of sp³-hybridized carbons (Fsp3) is 0.931. The van der Waals surface area contributed by atoms with Crippen LogP contribution in [-0.4, -0.2) is 12.4 Å². The standard InChI is InChI=1S/C29H44F6/c1-19-2-6-21(7-3-19)23-10-14-25(15-11-23)26-16-12-24(13-17-26)22-8-4-20(5-9-22)18-27(28(30,31)32)29(33,34)35/h18-26H,2-17H2,1H3. The van der Waals surface area contributed by atoms with Gasteiger partial charge in [0.25, 0.3) is 0 Å². The molecule has 0 aromatic rings. The highest BCUT2D eigenvalue weighted by Gasteiger charge is 2.51. The molecular formula is C29H44F6. The summed E-state index contributed by atoms with van der Waals surface area (Å²) in [4.78, 5) is 0. The molecule has 0 radical (unpaired) electrons. The van der Waals surface area contributed by atoms with Gasteiger partial charge in [-0.3, -0.25) is 0 Å². The fourth-order valence-corrected chi connectivity index (χ4v) is 8.30. The maximum Gasteiger partial charge on any atom is 0.421 e. The molecular weight excluding hydrogens is 462 g/mol. The summed E-state index contributed by atoms with van der Waals surface area (Å²) in [7, 11) is 0. The third-order valence-electron chi connectivity index (χ3n) is 10.5. The van der Waals surface area contributed by atoms with E-state index in [-0.39, 0.29) is 0 Å². The van der Waals surface area contributed by atoms with E-state index in [9.17, 15) is 26.3 Å². The van der Waals surface area contributed by atoms with Gasteiger partial charge in [0.2, 0.25) is 0 Å². The summed E-state index contributed by atoms with van der Waals surface area (Å²) in [6.45, 7) is 2.39. The molecule has 0 heterocycles. The van der Waals surface area contributed by atoms with Crippen molar-refractivity contribution in [3.63, 3.8) is 0 Å². The van der Waals surface area contributed by atoms with Gasteiger partial charge < -0.3 is 0 Å². The van der Waals surface area contributed by atoms with E-state index in [1.807, 2.05) is 0 Å². The van der Waals surface area contributed by atoms with Crippen LogP contribution in [-0.2, 0) is 0 Å². The van der Waals surface area contributed by atoms with Crippen molar-refractivity contribution in [2.75, 3.05) is 0 Å². The van der Waals surface area contributed by atoms with Crippen molar-refractivity contribution in [3.8, 4) is 0 Å². The Morgan fingerprint density at radius 3 is 1.00 bits per heavy atom. The SMILES string of the molecule is CC1CCC(C2CCC(C3CCC(C4CCC(C=C(C(F)(F)F)C(F)(F)F)CC4)CC3)CC2)CC1. The van der Waals surface area contributed by atoms with Crippen LogP contribution in [0.3, 0.4) is 0 Å². The van der Waals surface area contributed by atoms with Gasteiger partial charge in [0.1, 0.15) is 5.57 Å². The number of allylic oxidation sites excluding steroid dienone is 2. The minimum absolute atomic E-state index is 0.449. The van der Waals surface area contributed by atoms with Gasteiger partial charge in [-0.15, -0.1) is 0 Å². The van der Waals surface area contributed by atoms with Crippen LogP contribution >= 0.6 is 0 Å². The van der Waals surface area contributed by atoms with Gasteiger partial charge in [-0.1, -0.05) is 25.8 Å². The lowest BCUT2D eigenvalue weighted by molar-refractivity contribution is -0.172. The summed E-state index contributed by atoms with van der Waals surface area (Å²) in [6, 6.07) is 0. The molecule has 0 atom stereocenters. The Kier molecular flexibility index (Phi) is 8.89. The molecule has 4 rings (SSSR count). The molecule has 35 heavy (non-hydrogen) atoms. The van der Waals surface area contributed by atoms with Gasteiger partial charge >= 0.3 is 12.4 Å². The lowest BCUT2D eigenvalue weighted by atomic mass is 9.63. The Bertz CT molecular complexity index is 659. The fourth-order valence-electron chi connectivity index (χ4n) is 8.30. The van der Waals surface area contributed by atoms with Gasteiger partial charge in [0, 0.05) is 0 Å². The first kappa shape index (κ1) is 27.4. The van der Waals surface area contributed by atoms with Crippen LogP contribution in [0.4, 0.5) is 26.3 Å². The van der Waals surface area contributed by atoms with Crippen molar-refractivity contribution in [1.82, 2.24) is 0 Å². The Labute approximate surface area is 207 Å². The first-order chi connectivity index (χ1) is 16.5. The van der Waals surface area contributed by atoms with Gasteiger partial charge in [0.05, 0.1) is 0 Å². The van der Waals surface area contributed by atoms with Crippen LogP contribution in [0.2, 0.25) is 0 Å². The highest BCUT2D eigenvalue weighted by molar-refractivity contribution is 5.17. The zero-order valence-corrected chi connectivity index (χ0v) is 21.3. The summed E-state index contributed by atoms with van der Waals surface area (Å²) >= 11 is 0. The van der Waals surface area contributed by atoms with Gasteiger partial charge in [0.15, 0.2) is 0 Å². The van der Waals surface area contributed by atoms with E-state index in [0.717, 1.165) is 42.4 Å². The van der Waals surface area contributed by atoms with Gasteiger partial charge in [-0.05, 0) is 137 Å². The lowest BCUT2D eigenvalue weighted by Crippen LogP contribution is -2.31. The maximum absolute atomic E-state index is 12.9. The van der Waals surface area contributed by atoms with E-state index < -0.39 is 23.8 Å². The van der Waals surface area contributed by atoms with Crippen LogP contribution < -0.4 is 0 Å². The molecule has 4 fully saturated rings. The molecule has 202 valence electrons. The Morgan fingerprint density at radius 2 is 0.714 bits per heavy atom. The van der Waals surface area contributed by atoms with E-state index in [4.69, 9.17) is 0 Å². The molecule has 4 saturated carbocycles. The minimum atomic E-state index is -5.33. The highest BCUT2D eigenvalue weighted by Crippen LogP contribution is 2.49. The molecule has 0 unspecified atom stereocenters. The van der Waals surface area contributed by atoms with Crippen molar-refractivity contribution in [2.24, 2.45) is 47.3 Å². The van der Waals surface area contributed by atoms with Gasteiger partial charge in [-0.25, -0.2) is 0 Å². The zero-order chi connectivity index (χ0) is 25.2. The van der Waals surface area contributed by atoms with Crippen molar-refractivity contribution >= 4 is 0 Å². The molecule has 4 aliphatic carbocycles. The number of hydrogen-bond acceptors (Lipinski definition) is 0. The summed E-state index contributed by atoms with van der Waals surface area (Å²) in [5, 5.41) is 0. The Balaban J connectivity index is 1.19. The molecule has 0 aromatic heterocycles. The molecule has 0 saturated heterocycles. The average Bonchev–Trinajstić information content (AvgIpc) is 2.82. The van der Waals surface area contributed by atoms with Crippen molar-refractivity contribution in [2.45, 2.75) is 122 Å². The van der Waals surface area contributed by atoms with Crippen molar-refractivity contribution in [3.05, 3.63) is 11.6 Å². The normalized spacial score (nSPS) is 39.7. The largest absolute Gasteiger partial charge is 0.421 e. The predicted molar refractivity (Wildman–Crippen MR) is 128 cm³/mol. The van der Waals surface area contributed by atoms with Crippen LogP contribution in [0.15, 0.2) is 11.6 Å². The molecule has 6 heteroatoms. The van der Waals surface area contributed by atoms with E-state index in [2.05, 4.69) is 6.92 Å². The molecule has 0 spiro atoms. The Hall–Kier alpha value is -0.680. The summed E-state index contributed by atoms with van der Waals surface area (Å²) in [5.74, 6) is 5.03. The number of alkyl halides is 6. The van der Waals surface area contributed by atoms with E-state index in [1.54, 1.807) is 0 Å². The minimum Gasteiger partial charge on any atom is -0.166 e. The molecule has 0 nitrogen and oxygen atoms in total. The summed E-state index contributed by atoms with van der Waals surface area (Å²) in [5.41, 5.74) is -2.32. The predicted octanol–water partition coefficient (Wildman–Crippen LogP) is 10.3.